The number of aliphatic carboxylic acids is 1. The summed E-state index contributed by atoms with van der Waals surface area (Å²) in [6.07, 6.45) is 11.8. The Labute approximate surface area is 353 Å². The summed E-state index contributed by atoms with van der Waals surface area (Å²) in [5.41, 5.74) is 6.49. The summed E-state index contributed by atoms with van der Waals surface area (Å²) in [4.78, 5) is 51.8. The van der Waals surface area contributed by atoms with Crippen molar-refractivity contribution in [3.63, 3.8) is 0 Å². The quantitative estimate of drug-likeness (QED) is 0.0630. The fraction of sp³-hybridized carbons (Fsp3) is 0.271. The average Bonchev–Trinajstić information content (AvgIpc) is 3.76. The first-order valence-electron chi connectivity index (χ1n) is 20.2. The van der Waals surface area contributed by atoms with Crippen LogP contribution in [0.25, 0.3) is 0 Å². The number of benzene rings is 4. The molecule has 13 heteroatoms. The van der Waals surface area contributed by atoms with Crippen molar-refractivity contribution in [1.29, 1.82) is 0 Å². The summed E-state index contributed by atoms with van der Waals surface area (Å²) < 4.78 is 30.0. The lowest BCUT2D eigenvalue weighted by Gasteiger charge is -2.22. The lowest BCUT2D eigenvalue weighted by atomic mass is 10.1. The predicted octanol–water partition coefficient (Wildman–Crippen LogP) is 8.39. The van der Waals surface area contributed by atoms with Gasteiger partial charge in [-0.25, -0.2) is 0 Å². The van der Waals surface area contributed by atoms with E-state index in [1.807, 2.05) is 67.0 Å². The van der Waals surface area contributed by atoms with Crippen LogP contribution in [0.4, 0.5) is 22.7 Å². The van der Waals surface area contributed by atoms with Gasteiger partial charge in [-0.05, 0) is 66.0 Å². The number of hydrogen-bond acceptors (Lipinski definition) is 10. The number of carbonyl (C=O) groups excluding carboxylic acids is 2. The van der Waals surface area contributed by atoms with Crippen molar-refractivity contribution in [2.45, 2.75) is 50.6 Å². The molecule has 4 aliphatic heterocycles. The number of allylic oxidation sites excluding steroid dienone is 1. The summed E-state index contributed by atoms with van der Waals surface area (Å²) in [7, 11) is 3.05. The van der Waals surface area contributed by atoms with E-state index in [0.29, 0.717) is 95.5 Å². The molecule has 13 nitrogen and oxygen atoms in total. The minimum absolute atomic E-state index is 0.0479. The smallest absolute Gasteiger partial charge is 0.303 e. The van der Waals surface area contributed by atoms with Crippen LogP contribution in [0.1, 0.15) is 57.5 Å². The first-order chi connectivity index (χ1) is 29.8. The predicted molar refractivity (Wildman–Crippen MR) is 233 cm³/mol. The van der Waals surface area contributed by atoms with Crippen LogP contribution in [-0.2, 0) is 22.4 Å². The number of unbranched alkanes of at least 4 members (excludes halogenated alkanes) is 1. The van der Waals surface area contributed by atoms with Gasteiger partial charge in [-0.1, -0.05) is 49.1 Å². The van der Waals surface area contributed by atoms with Gasteiger partial charge in [-0.2, -0.15) is 0 Å². The number of carboxylic acids is 1. The second-order valence-electron chi connectivity index (χ2n) is 14.9. The molecule has 312 valence electrons. The molecule has 4 aromatic rings. The zero-order valence-corrected chi connectivity index (χ0v) is 34.0. The van der Waals surface area contributed by atoms with E-state index < -0.39 is 5.97 Å². The van der Waals surface area contributed by atoms with Crippen molar-refractivity contribution >= 4 is 53.0 Å². The fourth-order valence-corrected chi connectivity index (χ4v) is 7.98. The molecular weight excluding hydrogens is 777 g/mol. The van der Waals surface area contributed by atoms with E-state index in [0.717, 1.165) is 22.5 Å². The SMILES string of the molecule is C=C/C(=C\C(=C/CCOc1cc2c(cc1OC)C(=O)N1c3ccccc3C[C@H]1C=N2)OCCCCC(=O)O)COc1cc2c(cc1OC)C(=O)N1c3ccccc3C[C@H]1C=N2. The van der Waals surface area contributed by atoms with Gasteiger partial charge in [0.15, 0.2) is 23.0 Å². The minimum Gasteiger partial charge on any atom is -0.494 e. The molecule has 2 atom stereocenters. The van der Waals surface area contributed by atoms with Gasteiger partial charge in [0.1, 0.15) is 12.4 Å². The summed E-state index contributed by atoms with van der Waals surface area (Å²) in [6, 6.07) is 22.2. The standard InChI is InChI=1S/C48H46N4O9/c1-4-30(29-61-45-26-39-37(24-43(45)58-3)48(56)52-34(28-50-39)22-32-13-6-8-16-41(32)52)20-35(59-18-10-9-17-46(53)54)14-11-19-60-44-25-38-36(23-42(44)57-2)47(55)51-33(27-49-38)21-31-12-5-7-15-40(31)51/h4-8,12-16,20,23-28,33-34H,1,9-11,17-19,21-22,29H2,2-3H3,(H,53,54)/b30-20+,35-14+/t33-,34-/m0/s1. The first-order valence-corrected chi connectivity index (χ1v) is 20.2. The Balaban J connectivity index is 0.965. The van der Waals surface area contributed by atoms with Gasteiger partial charge in [0, 0.05) is 61.6 Å². The number of ether oxygens (including phenoxy) is 5. The highest BCUT2D eigenvalue weighted by atomic mass is 16.5. The van der Waals surface area contributed by atoms with E-state index >= 15 is 0 Å². The zero-order chi connectivity index (χ0) is 42.5. The molecule has 0 radical (unpaired) electrons. The van der Waals surface area contributed by atoms with E-state index in [1.54, 1.807) is 46.2 Å². The van der Waals surface area contributed by atoms with Gasteiger partial charge in [-0.15, -0.1) is 0 Å². The number of para-hydroxylation sites is 2. The van der Waals surface area contributed by atoms with Gasteiger partial charge in [-0.3, -0.25) is 34.2 Å². The van der Waals surface area contributed by atoms with E-state index in [9.17, 15) is 14.4 Å². The second-order valence-corrected chi connectivity index (χ2v) is 14.9. The van der Waals surface area contributed by atoms with Crippen molar-refractivity contribution in [2.24, 2.45) is 9.98 Å². The Morgan fingerprint density at radius 3 is 1.87 bits per heavy atom. The van der Waals surface area contributed by atoms with E-state index in [4.69, 9.17) is 38.8 Å². The lowest BCUT2D eigenvalue weighted by Crippen LogP contribution is -2.37. The van der Waals surface area contributed by atoms with Crippen LogP contribution in [-0.4, -0.2) is 81.4 Å². The maximum Gasteiger partial charge on any atom is 0.303 e. The van der Waals surface area contributed by atoms with Crippen molar-refractivity contribution in [1.82, 2.24) is 0 Å². The molecule has 0 saturated carbocycles. The molecule has 8 rings (SSSR count). The number of anilines is 2. The Kier molecular flexibility index (Phi) is 12.0. The number of aliphatic imine (C=N–C) groups is 2. The molecule has 0 spiro atoms. The van der Waals surface area contributed by atoms with Crippen LogP contribution in [0.3, 0.4) is 0 Å². The van der Waals surface area contributed by atoms with E-state index in [1.165, 1.54) is 14.2 Å². The normalized spacial score (nSPS) is 17.3. The van der Waals surface area contributed by atoms with E-state index in [-0.39, 0.29) is 43.5 Å². The van der Waals surface area contributed by atoms with Crippen molar-refractivity contribution in [3.05, 3.63) is 131 Å². The lowest BCUT2D eigenvalue weighted by molar-refractivity contribution is -0.137. The average molecular weight is 823 g/mol. The molecular formula is C48H46N4O9. The van der Waals surface area contributed by atoms with Crippen LogP contribution >= 0.6 is 0 Å². The molecule has 0 aliphatic carbocycles. The van der Waals surface area contributed by atoms with Gasteiger partial charge in [0.25, 0.3) is 11.8 Å². The number of rotatable bonds is 17. The molecule has 4 heterocycles. The molecule has 0 fully saturated rings. The van der Waals surface area contributed by atoms with Crippen molar-refractivity contribution < 1.29 is 43.2 Å². The molecule has 61 heavy (non-hydrogen) atoms. The topological polar surface area (TPSA) is 149 Å². The van der Waals surface area contributed by atoms with Crippen molar-refractivity contribution in [3.8, 4) is 23.0 Å². The van der Waals surface area contributed by atoms with Crippen LogP contribution in [0.15, 0.2) is 119 Å². The molecule has 0 aromatic heterocycles. The Bertz CT molecular complexity index is 2510. The van der Waals surface area contributed by atoms with Gasteiger partial charge in [0.05, 0.1) is 62.0 Å². The van der Waals surface area contributed by atoms with Crippen LogP contribution in [0, 0.1) is 0 Å². The Hall–Kier alpha value is -7.15. The molecule has 4 aliphatic rings. The molecule has 1 N–H and O–H groups in total. The molecule has 4 aromatic carbocycles. The summed E-state index contributed by atoms with van der Waals surface area (Å²) >= 11 is 0. The van der Waals surface area contributed by atoms with Crippen LogP contribution in [0.5, 0.6) is 23.0 Å². The molecule has 0 saturated heterocycles. The minimum atomic E-state index is -0.859. The Morgan fingerprint density at radius 1 is 0.770 bits per heavy atom. The van der Waals surface area contributed by atoms with Gasteiger partial charge < -0.3 is 28.8 Å². The second kappa shape index (κ2) is 18.0. The highest BCUT2D eigenvalue weighted by Crippen LogP contribution is 2.43. The number of nitrogens with zero attached hydrogens (tertiary/aromatic N) is 4. The first kappa shape index (κ1) is 40.6. The van der Waals surface area contributed by atoms with Gasteiger partial charge in [0.2, 0.25) is 0 Å². The highest BCUT2D eigenvalue weighted by molar-refractivity contribution is 6.15. The number of methoxy groups -OCH3 is 2. The third kappa shape index (κ3) is 8.49. The highest BCUT2D eigenvalue weighted by Gasteiger charge is 2.38. The van der Waals surface area contributed by atoms with Gasteiger partial charge >= 0.3 is 5.97 Å². The number of carbonyl (C=O) groups is 3. The summed E-state index contributed by atoms with van der Waals surface area (Å²) in [5.74, 6) is 0.995. The number of carboxylic acid groups (broad SMARTS) is 1. The molecule has 0 bridgehead atoms. The largest absolute Gasteiger partial charge is 0.494 e. The summed E-state index contributed by atoms with van der Waals surface area (Å²) in [6.45, 7) is 4.62. The third-order valence-electron chi connectivity index (χ3n) is 11.0. The molecule has 0 unspecified atom stereocenters. The number of fused-ring (bicyclic) bond motifs is 8. The molecule has 2 amide bonds. The van der Waals surface area contributed by atoms with Crippen molar-refractivity contribution in [2.75, 3.05) is 43.8 Å². The maximum absolute atomic E-state index is 13.9. The zero-order valence-electron chi connectivity index (χ0n) is 34.0. The number of hydrogen-bond donors (Lipinski definition) is 1. The van der Waals surface area contributed by atoms with Crippen LogP contribution < -0.4 is 28.7 Å². The maximum atomic E-state index is 13.9. The monoisotopic (exact) mass is 822 g/mol. The van der Waals surface area contributed by atoms with Crippen LogP contribution in [0.2, 0.25) is 0 Å². The number of amides is 2. The third-order valence-corrected chi connectivity index (χ3v) is 11.0. The van der Waals surface area contributed by atoms with E-state index in [2.05, 4.69) is 6.58 Å². The summed E-state index contributed by atoms with van der Waals surface area (Å²) in [5, 5.41) is 9.10. The fourth-order valence-electron chi connectivity index (χ4n) is 7.98. The Morgan fingerprint density at radius 2 is 1.33 bits per heavy atom.